The second-order valence-corrected chi connectivity index (χ2v) is 25.3. The monoisotopic (exact) mass is 818 g/mol. The molecule has 0 saturated carbocycles. The molecule has 0 aliphatic carbocycles. The molecule has 0 bridgehead atoms. The number of fused-ring (bicyclic) bond motifs is 4. The smallest absolute Gasteiger partial charge is 0.324 e. The van der Waals surface area contributed by atoms with Crippen molar-refractivity contribution in [3.05, 3.63) is 29.3 Å². The van der Waals surface area contributed by atoms with Crippen molar-refractivity contribution in [2.45, 2.75) is 87.9 Å². The molecule has 4 aromatic heterocycles. The fourth-order valence-electron chi connectivity index (χ4n) is 6.16. The van der Waals surface area contributed by atoms with Gasteiger partial charge in [-0.3, -0.25) is 28.0 Å². The second-order valence-electron chi connectivity index (χ2n) is 14.3. The quantitative estimate of drug-likeness (QED) is 0.0826. The van der Waals surface area contributed by atoms with Gasteiger partial charge in [-0.15, -0.1) is 0 Å². The van der Waals surface area contributed by atoms with Gasteiger partial charge in [-0.2, -0.15) is 4.98 Å². The Hall–Kier alpha value is -2.44. The normalized spacial score (nSPS) is 34.9. The van der Waals surface area contributed by atoms with E-state index in [9.17, 15) is 19.0 Å². The molecule has 52 heavy (non-hydrogen) atoms. The van der Waals surface area contributed by atoms with Gasteiger partial charge in [0.05, 0.1) is 38.0 Å². The lowest BCUT2D eigenvalue weighted by Crippen LogP contribution is -2.52. The van der Waals surface area contributed by atoms with E-state index in [0.29, 0.717) is 0 Å². The number of nitrogens with two attached hydrogens (primary N) is 2. The molecule has 284 valence electrons. The van der Waals surface area contributed by atoms with Crippen molar-refractivity contribution >= 4 is 80.4 Å². The Morgan fingerprint density at radius 3 is 2.15 bits per heavy atom. The van der Waals surface area contributed by atoms with Crippen molar-refractivity contribution in [1.82, 2.24) is 49.2 Å². The van der Waals surface area contributed by atoms with Crippen LogP contribution in [-0.2, 0) is 32.1 Å². The van der Waals surface area contributed by atoms with Crippen LogP contribution in [0.15, 0.2) is 23.8 Å². The molecule has 3 aliphatic heterocycles. The molecule has 3 fully saturated rings. The number of aliphatic hydroxyl groups excluding tert-OH is 1. The van der Waals surface area contributed by atoms with Gasteiger partial charge in [-0.1, -0.05) is 45.3 Å². The highest BCUT2D eigenvalue weighted by Crippen LogP contribution is 2.55. The zero-order valence-electron chi connectivity index (χ0n) is 28.6. The van der Waals surface area contributed by atoms with E-state index < -0.39 is 82.9 Å². The molecule has 4 aromatic rings. The summed E-state index contributed by atoms with van der Waals surface area (Å²) in [6.07, 6.45) is -2.56. The molecule has 26 heteroatoms. The Bertz CT molecular complexity index is 2170. The van der Waals surface area contributed by atoms with Gasteiger partial charge in [0.2, 0.25) is 5.95 Å². The Labute approximate surface area is 307 Å². The highest BCUT2D eigenvalue weighted by molar-refractivity contribution is 8.45. The summed E-state index contributed by atoms with van der Waals surface area (Å²) < 4.78 is 62.5. The Balaban J connectivity index is 1.24. The molecule has 0 radical (unpaired) electrons. The Kier molecular flexibility index (Phi) is 9.75. The van der Waals surface area contributed by atoms with E-state index in [1.807, 2.05) is 13.1 Å². The molecule has 7 heterocycles. The summed E-state index contributed by atoms with van der Waals surface area (Å²) in [6, 6.07) is -2.08. The topological polar surface area (TPSA) is 284 Å². The highest BCUT2D eigenvalue weighted by Gasteiger charge is 2.55. The van der Waals surface area contributed by atoms with E-state index in [1.54, 1.807) is 0 Å². The minimum Gasteiger partial charge on any atom is -0.408 e. The molecule has 21 nitrogen and oxygen atoms in total. The maximum Gasteiger partial charge on any atom is 0.324 e. The molecule has 0 amide bonds. The van der Waals surface area contributed by atoms with Gasteiger partial charge in [-0.25, -0.2) is 30.1 Å². The molecular formula is C26H40N12O9P2S2Si. The van der Waals surface area contributed by atoms with E-state index in [1.165, 1.54) is 28.1 Å². The standard InChI is InChI=1S/C26H40N12O9P2S2Si/c1-26(2,3)52(4,5)47-18-14-12(46-24(18)38-10-32-16-21(38)33-25(28)34-22(16)40)7-44-48(41,50)35-13-11(6-43-49(42,51)36-14)45-23(17(13)39)37-9-31-15-19(27)29-8-30-20(15)37/h8-14,17-18,23-24,39H,6-7H2,1-5H3,(H2,27,29,30)(H2,35,41,50)(H2,36,42,51)(H3,28,33,34,40)/t11-,12-,13-,14-,17-,18?,23-,24-,48?,49?/m1/s1. The first-order valence-corrected chi connectivity index (χ1v) is 24.5. The maximum atomic E-state index is 14.2. The van der Waals surface area contributed by atoms with Crippen molar-refractivity contribution in [2.75, 3.05) is 24.7 Å². The van der Waals surface area contributed by atoms with Crippen LogP contribution in [0.3, 0.4) is 0 Å². The van der Waals surface area contributed by atoms with E-state index in [2.05, 4.69) is 85.3 Å². The molecule has 0 aromatic carbocycles. The molecule has 3 saturated heterocycles. The zero-order chi connectivity index (χ0) is 37.5. The molecule has 3 unspecified atom stereocenters. The number of hydrogen-bond donors (Lipinski definition) is 8. The third-order valence-corrected chi connectivity index (χ3v) is 17.9. The Morgan fingerprint density at radius 1 is 0.923 bits per heavy atom. The summed E-state index contributed by atoms with van der Waals surface area (Å²) in [5, 5.41) is 17.0. The van der Waals surface area contributed by atoms with Crippen LogP contribution in [0.1, 0.15) is 33.2 Å². The number of nitrogens with one attached hydrogen (secondary N) is 3. The van der Waals surface area contributed by atoms with Crippen molar-refractivity contribution in [1.29, 1.82) is 0 Å². The third kappa shape index (κ3) is 6.98. The number of hydrogen-bond acceptors (Lipinski definition) is 16. The van der Waals surface area contributed by atoms with Crippen LogP contribution in [0.25, 0.3) is 22.3 Å². The lowest BCUT2D eigenvalue weighted by atomic mass is 10.1. The number of rotatable bonds is 4. The number of nitrogens with zero attached hydrogens (tertiary/aromatic N) is 7. The van der Waals surface area contributed by atoms with Crippen LogP contribution in [0.5, 0.6) is 0 Å². The molecule has 0 spiro atoms. The predicted molar refractivity (Wildman–Crippen MR) is 197 cm³/mol. The minimum atomic E-state index is -4.05. The fraction of sp³-hybridized carbons (Fsp3) is 0.615. The summed E-state index contributed by atoms with van der Waals surface area (Å²) in [6.45, 7) is 1.34. The van der Waals surface area contributed by atoms with Crippen LogP contribution in [0.2, 0.25) is 18.1 Å². The number of imidazole rings is 2. The first-order valence-electron chi connectivity index (χ1n) is 16.1. The first-order chi connectivity index (χ1) is 24.3. The average Bonchev–Trinajstić information content (AvgIpc) is 3.80. The SMILES string of the molecule is CC(C)(C)[Si](C)(C)OC1[C@H](n2cnc3c(=O)[nH]c(N)nc32)O[C@@H]2COP(=O)(S)N[C@H]3[C@@H](O)[C@H](n4cnc5c(N)ncnc54)O[C@@H]3COP(=O)(S)N[C@@H]12. The molecule has 3 aliphatic rings. The summed E-state index contributed by atoms with van der Waals surface area (Å²) in [4.78, 5) is 36.0. The van der Waals surface area contributed by atoms with Crippen LogP contribution in [-0.4, -0.2) is 102 Å². The van der Waals surface area contributed by atoms with Crippen LogP contribution in [0, 0.1) is 0 Å². The van der Waals surface area contributed by atoms with Crippen LogP contribution >= 0.6 is 37.9 Å². The number of aromatic nitrogens is 8. The summed E-state index contributed by atoms with van der Waals surface area (Å²) >= 11 is 8.76. The number of anilines is 2. The molecule has 7 rings (SSSR count). The minimum absolute atomic E-state index is 0.00856. The van der Waals surface area contributed by atoms with E-state index in [0.717, 1.165) is 0 Å². The third-order valence-electron chi connectivity index (χ3n) is 9.80. The van der Waals surface area contributed by atoms with E-state index >= 15 is 0 Å². The van der Waals surface area contributed by atoms with Gasteiger partial charge in [0, 0.05) is 0 Å². The fourth-order valence-corrected chi connectivity index (χ4v) is 10.9. The van der Waals surface area contributed by atoms with E-state index in [4.69, 9.17) is 34.4 Å². The van der Waals surface area contributed by atoms with Crippen molar-refractivity contribution in [2.24, 2.45) is 0 Å². The summed E-state index contributed by atoms with van der Waals surface area (Å²) in [5.41, 5.74) is 12.0. The molecule has 8 N–H and O–H groups in total. The van der Waals surface area contributed by atoms with Gasteiger partial charge in [0.15, 0.2) is 43.4 Å². The van der Waals surface area contributed by atoms with Crippen LogP contribution in [0.4, 0.5) is 11.8 Å². The number of aromatic amines is 1. The van der Waals surface area contributed by atoms with E-state index in [-0.39, 0.29) is 45.7 Å². The number of aliphatic hydroxyl groups is 1. The Morgan fingerprint density at radius 2 is 1.50 bits per heavy atom. The first kappa shape index (κ1) is 37.9. The summed E-state index contributed by atoms with van der Waals surface area (Å²) in [5.74, 6) is -0.0149. The van der Waals surface area contributed by atoms with Gasteiger partial charge < -0.3 is 39.5 Å². The second kappa shape index (κ2) is 13.4. The van der Waals surface area contributed by atoms with Crippen molar-refractivity contribution in [3.8, 4) is 0 Å². The van der Waals surface area contributed by atoms with Crippen molar-refractivity contribution < 1.29 is 37.2 Å². The zero-order valence-corrected chi connectivity index (χ0v) is 33.1. The average molecular weight is 819 g/mol. The number of nitrogen functional groups attached to an aromatic ring is 2. The number of H-pyrrole nitrogens is 1. The highest BCUT2D eigenvalue weighted by atomic mass is 32.7. The van der Waals surface area contributed by atoms with Crippen molar-refractivity contribution in [3.63, 3.8) is 0 Å². The summed E-state index contributed by atoms with van der Waals surface area (Å²) in [7, 11) is -2.63. The lowest BCUT2D eigenvalue weighted by molar-refractivity contribution is -0.0459. The van der Waals surface area contributed by atoms with Gasteiger partial charge in [0.25, 0.3) is 5.56 Å². The predicted octanol–water partition coefficient (Wildman–Crippen LogP) is 1.71. The van der Waals surface area contributed by atoms with Gasteiger partial charge in [-0.05, 0) is 18.1 Å². The largest absolute Gasteiger partial charge is 0.408 e. The van der Waals surface area contributed by atoms with Crippen LogP contribution < -0.4 is 27.2 Å². The maximum absolute atomic E-state index is 14.2. The van der Waals surface area contributed by atoms with Gasteiger partial charge >= 0.3 is 13.4 Å². The van der Waals surface area contributed by atoms with Gasteiger partial charge in [0.1, 0.15) is 36.3 Å². The molecular weight excluding hydrogens is 779 g/mol. The number of thiol groups is 2. The number of ether oxygens (including phenoxy) is 2. The molecule has 10 atom stereocenters. The lowest BCUT2D eigenvalue weighted by Gasteiger charge is -2.41.